The summed E-state index contributed by atoms with van der Waals surface area (Å²) in [6.07, 6.45) is 1.72. The summed E-state index contributed by atoms with van der Waals surface area (Å²) in [4.78, 5) is 12.4. The number of amides is 1. The van der Waals surface area contributed by atoms with Crippen LogP contribution >= 0.6 is 27.7 Å². The summed E-state index contributed by atoms with van der Waals surface area (Å²) < 4.78 is 2.64. The number of rotatable bonds is 7. The Morgan fingerprint density at radius 3 is 2.83 bits per heavy atom. The van der Waals surface area contributed by atoms with Gasteiger partial charge in [-0.3, -0.25) is 9.36 Å². The van der Waals surface area contributed by atoms with Gasteiger partial charge in [-0.05, 0) is 49.2 Å². The van der Waals surface area contributed by atoms with E-state index in [0.29, 0.717) is 23.1 Å². The summed E-state index contributed by atoms with van der Waals surface area (Å²) in [5, 5.41) is 22.2. The maximum absolute atomic E-state index is 12.4. The first kappa shape index (κ1) is 21.1. The molecule has 0 saturated carbocycles. The van der Waals surface area contributed by atoms with E-state index in [4.69, 9.17) is 0 Å². The maximum atomic E-state index is 12.4. The number of hydrogen-bond acceptors (Lipinski definition) is 5. The number of phenolic OH excluding ortho intramolecular Hbond substituents is 1. The Kier molecular flexibility index (Phi) is 6.76. The first-order valence-electron chi connectivity index (χ1n) is 8.92. The minimum atomic E-state index is -0.122. The van der Waals surface area contributed by atoms with Crippen molar-refractivity contribution < 1.29 is 9.90 Å². The van der Waals surface area contributed by atoms with E-state index < -0.39 is 0 Å². The van der Waals surface area contributed by atoms with Gasteiger partial charge in [-0.1, -0.05) is 45.9 Å². The molecule has 1 heterocycles. The van der Waals surface area contributed by atoms with Gasteiger partial charge in [0, 0.05) is 16.7 Å². The summed E-state index contributed by atoms with van der Waals surface area (Å²) in [5.41, 5.74) is 3.46. The highest BCUT2D eigenvalue weighted by molar-refractivity contribution is 9.10. The first-order valence-corrected chi connectivity index (χ1v) is 10.7. The number of halogens is 1. The molecule has 0 unspecified atom stereocenters. The van der Waals surface area contributed by atoms with Crippen molar-refractivity contribution in [3.63, 3.8) is 0 Å². The Labute approximate surface area is 182 Å². The second-order valence-electron chi connectivity index (χ2n) is 6.52. The molecule has 1 amide bonds. The van der Waals surface area contributed by atoms with Crippen LogP contribution in [0.2, 0.25) is 0 Å². The molecule has 29 heavy (non-hydrogen) atoms. The Bertz CT molecular complexity index is 1060. The number of nitrogens with one attached hydrogen (secondary N) is 1. The van der Waals surface area contributed by atoms with Crippen molar-refractivity contribution in [2.75, 3.05) is 11.1 Å². The van der Waals surface area contributed by atoms with Crippen LogP contribution in [0, 0.1) is 13.8 Å². The molecule has 0 saturated heterocycles. The lowest BCUT2D eigenvalue weighted by atomic mass is 10.1. The number of carbonyl (C=O) groups excluding carboxylic acids is 1. The van der Waals surface area contributed by atoms with Gasteiger partial charge in [0.05, 0.1) is 11.3 Å². The Hall–Kier alpha value is -2.58. The Morgan fingerprint density at radius 2 is 2.07 bits per heavy atom. The molecule has 0 radical (unpaired) electrons. The largest absolute Gasteiger partial charge is 0.507 e. The molecule has 2 N–H and O–H groups in total. The van der Waals surface area contributed by atoms with Crippen LogP contribution in [-0.4, -0.2) is 31.5 Å². The number of thioether (sulfide) groups is 1. The van der Waals surface area contributed by atoms with E-state index in [1.807, 2.05) is 36.6 Å². The van der Waals surface area contributed by atoms with Crippen LogP contribution in [0.4, 0.5) is 5.69 Å². The Balaban J connectivity index is 1.78. The third kappa shape index (κ3) is 5.07. The van der Waals surface area contributed by atoms with E-state index >= 15 is 0 Å². The van der Waals surface area contributed by atoms with Crippen molar-refractivity contribution in [1.82, 2.24) is 14.8 Å². The van der Waals surface area contributed by atoms with E-state index in [0.717, 1.165) is 21.3 Å². The quantitative estimate of drug-likeness (QED) is 0.375. The van der Waals surface area contributed by atoms with Crippen molar-refractivity contribution in [2.24, 2.45) is 0 Å². The van der Waals surface area contributed by atoms with E-state index in [-0.39, 0.29) is 17.4 Å². The highest BCUT2D eigenvalue weighted by Crippen LogP contribution is 2.32. The molecule has 0 spiro atoms. The molecular weight excluding hydrogens is 452 g/mol. The van der Waals surface area contributed by atoms with Crippen LogP contribution in [0.25, 0.3) is 11.4 Å². The number of anilines is 1. The SMILES string of the molecule is C=CCn1c(SCC(=O)Nc2cc(C)ccc2C)nnc1-c1cc(Br)ccc1O. The number of aromatic nitrogens is 3. The average Bonchev–Trinajstić information content (AvgIpc) is 3.08. The number of aryl methyl sites for hydroxylation is 2. The van der Waals surface area contributed by atoms with Gasteiger partial charge in [0.25, 0.3) is 0 Å². The minimum Gasteiger partial charge on any atom is -0.507 e. The third-order valence-corrected chi connectivity index (χ3v) is 5.69. The second kappa shape index (κ2) is 9.28. The van der Waals surface area contributed by atoms with Crippen LogP contribution in [-0.2, 0) is 11.3 Å². The van der Waals surface area contributed by atoms with Crippen molar-refractivity contribution in [1.29, 1.82) is 0 Å². The number of hydrogen-bond donors (Lipinski definition) is 2. The standard InChI is InChI=1S/C21H21BrN4O2S/c1-4-9-26-20(16-11-15(22)7-8-18(16)27)24-25-21(26)29-12-19(28)23-17-10-13(2)5-6-14(17)3/h4-8,10-11,27H,1,9,12H2,2-3H3,(H,23,28). The molecule has 3 rings (SSSR count). The molecular formula is C21H21BrN4O2S. The van der Waals surface area contributed by atoms with Crippen LogP contribution < -0.4 is 5.32 Å². The van der Waals surface area contributed by atoms with Gasteiger partial charge in [0.15, 0.2) is 11.0 Å². The van der Waals surface area contributed by atoms with Gasteiger partial charge >= 0.3 is 0 Å². The molecule has 6 nitrogen and oxygen atoms in total. The zero-order valence-corrected chi connectivity index (χ0v) is 18.5. The fraction of sp³-hybridized carbons (Fsp3) is 0.190. The van der Waals surface area contributed by atoms with E-state index in [9.17, 15) is 9.90 Å². The maximum Gasteiger partial charge on any atom is 0.234 e. The molecule has 3 aromatic rings. The van der Waals surface area contributed by atoms with Crippen LogP contribution in [0.3, 0.4) is 0 Å². The van der Waals surface area contributed by atoms with Crippen molar-refractivity contribution in [2.45, 2.75) is 25.5 Å². The normalized spacial score (nSPS) is 10.7. The highest BCUT2D eigenvalue weighted by Gasteiger charge is 2.18. The summed E-state index contributed by atoms with van der Waals surface area (Å²) in [7, 11) is 0. The molecule has 150 valence electrons. The zero-order valence-electron chi connectivity index (χ0n) is 16.1. The van der Waals surface area contributed by atoms with Gasteiger partial charge in [0.1, 0.15) is 5.75 Å². The fourth-order valence-electron chi connectivity index (χ4n) is 2.76. The monoisotopic (exact) mass is 472 g/mol. The highest BCUT2D eigenvalue weighted by atomic mass is 79.9. The molecule has 1 aromatic heterocycles. The van der Waals surface area contributed by atoms with E-state index in [1.165, 1.54) is 11.8 Å². The second-order valence-corrected chi connectivity index (χ2v) is 8.38. The van der Waals surface area contributed by atoms with Crippen LogP contribution in [0.1, 0.15) is 11.1 Å². The topological polar surface area (TPSA) is 80.0 Å². The zero-order chi connectivity index (χ0) is 21.0. The number of nitrogens with zero attached hydrogens (tertiary/aromatic N) is 3. The van der Waals surface area contributed by atoms with Gasteiger partial charge in [-0.25, -0.2) is 0 Å². The fourth-order valence-corrected chi connectivity index (χ4v) is 3.87. The van der Waals surface area contributed by atoms with Gasteiger partial charge in [-0.15, -0.1) is 16.8 Å². The van der Waals surface area contributed by atoms with Crippen LogP contribution in [0.5, 0.6) is 5.75 Å². The summed E-state index contributed by atoms with van der Waals surface area (Å²) in [6.45, 7) is 8.18. The number of aromatic hydroxyl groups is 1. The summed E-state index contributed by atoms with van der Waals surface area (Å²) >= 11 is 4.70. The predicted molar refractivity (Wildman–Crippen MR) is 120 cm³/mol. The number of phenols is 1. The Morgan fingerprint density at radius 1 is 1.28 bits per heavy atom. The molecule has 2 aromatic carbocycles. The number of benzene rings is 2. The van der Waals surface area contributed by atoms with Gasteiger partial charge < -0.3 is 10.4 Å². The van der Waals surface area contributed by atoms with Crippen molar-refractivity contribution in [3.8, 4) is 17.1 Å². The van der Waals surface area contributed by atoms with Crippen molar-refractivity contribution >= 4 is 39.3 Å². The third-order valence-electron chi connectivity index (χ3n) is 4.23. The molecule has 0 fully saturated rings. The number of allylic oxidation sites excluding steroid dienone is 1. The van der Waals surface area contributed by atoms with Crippen molar-refractivity contribution in [3.05, 3.63) is 64.7 Å². The molecule has 0 bridgehead atoms. The van der Waals surface area contributed by atoms with E-state index in [1.54, 1.807) is 24.3 Å². The molecule has 0 aliphatic heterocycles. The van der Waals surface area contributed by atoms with Gasteiger partial charge in [-0.2, -0.15) is 0 Å². The molecule has 0 atom stereocenters. The molecule has 0 aliphatic rings. The smallest absolute Gasteiger partial charge is 0.234 e. The molecule has 8 heteroatoms. The lowest BCUT2D eigenvalue weighted by Gasteiger charge is -2.10. The summed E-state index contributed by atoms with van der Waals surface area (Å²) in [6, 6.07) is 11.1. The molecule has 0 aliphatic carbocycles. The first-order chi connectivity index (χ1) is 13.9. The number of carbonyl (C=O) groups is 1. The van der Waals surface area contributed by atoms with E-state index in [2.05, 4.69) is 38.0 Å². The predicted octanol–water partition coefficient (Wildman–Crippen LogP) is 4.95. The van der Waals surface area contributed by atoms with Crippen LogP contribution in [0.15, 0.2) is 58.7 Å². The van der Waals surface area contributed by atoms with Gasteiger partial charge in [0.2, 0.25) is 5.91 Å². The summed E-state index contributed by atoms with van der Waals surface area (Å²) in [5.74, 6) is 0.688. The lowest BCUT2D eigenvalue weighted by Crippen LogP contribution is -2.15. The minimum absolute atomic E-state index is 0.107. The lowest BCUT2D eigenvalue weighted by molar-refractivity contribution is -0.113. The average molecular weight is 473 g/mol.